The van der Waals surface area contributed by atoms with E-state index in [1.165, 1.54) is 7.11 Å². The standard InChI is InChI=1S/C20H30N4O4/c1-20(2,3)28-18(25)14-22-7-9-23(10-8-22)16-12-24(13-16)17-6-5-15(11-21-17)19(26)27-4/h5-6,11,16H,7-10,12-14H2,1-4H3. The lowest BCUT2D eigenvalue weighted by atomic mass is 10.1. The molecule has 2 aliphatic heterocycles. The lowest BCUT2D eigenvalue weighted by Gasteiger charge is -2.48. The number of carbonyl (C=O) groups excluding carboxylic acids is 2. The van der Waals surface area contributed by atoms with Gasteiger partial charge in [-0.15, -0.1) is 0 Å². The molecule has 8 nitrogen and oxygen atoms in total. The second kappa shape index (κ2) is 8.45. The quantitative estimate of drug-likeness (QED) is 0.690. The van der Waals surface area contributed by atoms with Gasteiger partial charge in [-0.25, -0.2) is 9.78 Å². The molecule has 0 aromatic carbocycles. The van der Waals surface area contributed by atoms with Crippen LogP contribution in [0, 0.1) is 0 Å². The van der Waals surface area contributed by atoms with Gasteiger partial charge >= 0.3 is 11.9 Å². The Morgan fingerprint density at radius 1 is 1.14 bits per heavy atom. The molecule has 0 atom stereocenters. The van der Waals surface area contributed by atoms with E-state index < -0.39 is 5.60 Å². The third kappa shape index (κ3) is 5.20. The summed E-state index contributed by atoms with van der Waals surface area (Å²) in [6.45, 7) is 11.6. The van der Waals surface area contributed by atoms with Gasteiger partial charge in [-0.05, 0) is 32.9 Å². The number of aromatic nitrogens is 1. The van der Waals surface area contributed by atoms with Gasteiger partial charge in [0.2, 0.25) is 0 Å². The average Bonchev–Trinajstić information content (AvgIpc) is 2.60. The minimum absolute atomic E-state index is 0.155. The Bertz CT molecular complexity index is 687. The zero-order valence-electron chi connectivity index (χ0n) is 17.2. The summed E-state index contributed by atoms with van der Waals surface area (Å²) in [6, 6.07) is 4.11. The summed E-state index contributed by atoms with van der Waals surface area (Å²) in [4.78, 5) is 34.7. The summed E-state index contributed by atoms with van der Waals surface area (Å²) in [7, 11) is 1.36. The number of ether oxygens (including phenoxy) is 2. The molecule has 3 rings (SSSR count). The maximum Gasteiger partial charge on any atom is 0.339 e. The number of anilines is 1. The number of methoxy groups -OCH3 is 1. The van der Waals surface area contributed by atoms with E-state index >= 15 is 0 Å². The number of rotatable bonds is 5. The van der Waals surface area contributed by atoms with E-state index in [4.69, 9.17) is 9.47 Å². The van der Waals surface area contributed by atoms with Crippen molar-refractivity contribution in [1.29, 1.82) is 0 Å². The molecular weight excluding hydrogens is 360 g/mol. The molecule has 2 fully saturated rings. The van der Waals surface area contributed by atoms with Crippen LogP contribution in [-0.4, -0.2) is 91.3 Å². The normalized spacial score (nSPS) is 19.2. The number of piperazine rings is 1. The van der Waals surface area contributed by atoms with E-state index in [1.54, 1.807) is 12.3 Å². The smallest absolute Gasteiger partial charge is 0.339 e. The third-order valence-corrected chi connectivity index (χ3v) is 5.05. The summed E-state index contributed by atoms with van der Waals surface area (Å²) < 4.78 is 10.1. The zero-order chi connectivity index (χ0) is 20.3. The molecule has 3 heterocycles. The van der Waals surface area contributed by atoms with Gasteiger partial charge in [-0.3, -0.25) is 14.6 Å². The molecule has 8 heteroatoms. The maximum absolute atomic E-state index is 12.0. The summed E-state index contributed by atoms with van der Waals surface area (Å²) in [5.74, 6) is 0.356. The first kappa shape index (κ1) is 20.5. The van der Waals surface area contributed by atoms with Crippen molar-refractivity contribution in [2.75, 3.05) is 57.8 Å². The molecule has 0 amide bonds. The van der Waals surface area contributed by atoms with Crippen molar-refractivity contribution in [2.24, 2.45) is 0 Å². The number of hydrogen-bond donors (Lipinski definition) is 0. The molecule has 0 spiro atoms. The van der Waals surface area contributed by atoms with Crippen LogP contribution in [0.5, 0.6) is 0 Å². The molecule has 1 aromatic heterocycles. The van der Waals surface area contributed by atoms with E-state index in [2.05, 4.69) is 19.7 Å². The van der Waals surface area contributed by atoms with Gasteiger partial charge < -0.3 is 14.4 Å². The fourth-order valence-electron chi connectivity index (χ4n) is 3.53. The van der Waals surface area contributed by atoms with E-state index in [-0.39, 0.29) is 11.9 Å². The Morgan fingerprint density at radius 2 is 1.82 bits per heavy atom. The molecule has 0 bridgehead atoms. The molecule has 0 saturated carbocycles. The van der Waals surface area contributed by atoms with Gasteiger partial charge in [0, 0.05) is 51.5 Å². The number of nitrogens with zero attached hydrogens (tertiary/aromatic N) is 4. The number of esters is 2. The Balaban J connectivity index is 1.40. The fraction of sp³-hybridized carbons (Fsp3) is 0.650. The molecule has 154 valence electrons. The number of pyridine rings is 1. The minimum Gasteiger partial charge on any atom is -0.465 e. The van der Waals surface area contributed by atoms with Crippen LogP contribution in [0.4, 0.5) is 5.82 Å². The predicted octanol–water partition coefficient (Wildman–Crippen LogP) is 1.02. The SMILES string of the molecule is COC(=O)c1ccc(N2CC(N3CCN(CC(=O)OC(C)(C)C)CC3)C2)nc1. The zero-order valence-corrected chi connectivity index (χ0v) is 17.2. The molecule has 0 unspecified atom stereocenters. The molecule has 2 aliphatic rings. The second-order valence-corrected chi connectivity index (χ2v) is 8.35. The van der Waals surface area contributed by atoms with Crippen molar-refractivity contribution in [2.45, 2.75) is 32.4 Å². The number of hydrogen-bond acceptors (Lipinski definition) is 8. The van der Waals surface area contributed by atoms with Gasteiger partial charge in [0.1, 0.15) is 11.4 Å². The second-order valence-electron chi connectivity index (χ2n) is 8.35. The minimum atomic E-state index is -0.433. The van der Waals surface area contributed by atoms with E-state index in [1.807, 2.05) is 26.8 Å². The maximum atomic E-state index is 12.0. The molecule has 28 heavy (non-hydrogen) atoms. The van der Waals surface area contributed by atoms with E-state index in [0.717, 1.165) is 45.1 Å². The summed E-state index contributed by atoms with van der Waals surface area (Å²) in [5, 5.41) is 0. The molecular formula is C20H30N4O4. The Kier molecular flexibility index (Phi) is 6.20. The fourth-order valence-corrected chi connectivity index (χ4v) is 3.53. The van der Waals surface area contributed by atoms with Crippen molar-refractivity contribution in [3.8, 4) is 0 Å². The molecule has 2 saturated heterocycles. The highest BCUT2D eigenvalue weighted by atomic mass is 16.6. The highest BCUT2D eigenvalue weighted by molar-refractivity contribution is 5.89. The topological polar surface area (TPSA) is 75.2 Å². The molecule has 0 aliphatic carbocycles. The highest BCUT2D eigenvalue weighted by Gasteiger charge is 2.34. The van der Waals surface area contributed by atoms with Crippen LogP contribution in [0.2, 0.25) is 0 Å². The summed E-state index contributed by atoms with van der Waals surface area (Å²) in [6.07, 6.45) is 1.56. The Morgan fingerprint density at radius 3 is 2.36 bits per heavy atom. The highest BCUT2D eigenvalue weighted by Crippen LogP contribution is 2.23. The largest absolute Gasteiger partial charge is 0.465 e. The summed E-state index contributed by atoms with van der Waals surface area (Å²) >= 11 is 0. The Labute approximate surface area is 166 Å². The van der Waals surface area contributed by atoms with Crippen LogP contribution in [0.25, 0.3) is 0 Å². The van der Waals surface area contributed by atoms with Gasteiger partial charge in [-0.2, -0.15) is 0 Å². The van der Waals surface area contributed by atoms with Crippen LogP contribution in [0.3, 0.4) is 0 Å². The van der Waals surface area contributed by atoms with Crippen LogP contribution in [0.1, 0.15) is 31.1 Å². The summed E-state index contributed by atoms with van der Waals surface area (Å²) in [5.41, 5.74) is 0.0293. The van der Waals surface area contributed by atoms with E-state index in [9.17, 15) is 9.59 Å². The lowest BCUT2D eigenvalue weighted by molar-refractivity contribution is -0.156. The average molecular weight is 390 g/mol. The van der Waals surface area contributed by atoms with Gasteiger partial charge in [0.25, 0.3) is 0 Å². The van der Waals surface area contributed by atoms with Crippen molar-refractivity contribution < 1.29 is 19.1 Å². The molecule has 0 N–H and O–H groups in total. The lowest BCUT2D eigenvalue weighted by Crippen LogP contribution is -2.63. The van der Waals surface area contributed by atoms with Crippen LogP contribution < -0.4 is 4.90 Å². The first-order valence-corrected chi connectivity index (χ1v) is 9.73. The monoisotopic (exact) mass is 390 g/mol. The van der Waals surface area contributed by atoms with Crippen LogP contribution in [-0.2, 0) is 14.3 Å². The third-order valence-electron chi connectivity index (χ3n) is 5.05. The van der Waals surface area contributed by atoms with E-state index in [0.29, 0.717) is 18.2 Å². The van der Waals surface area contributed by atoms with Crippen molar-refractivity contribution in [3.05, 3.63) is 23.9 Å². The Hall–Kier alpha value is -2.19. The first-order chi connectivity index (χ1) is 13.2. The first-order valence-electron chi connectivity index (χ1n) is 9.73. The van der Waals surface area contributed by atoms with Crippen molar-refractivity contribution >= 4 is 17.8 Å². The predicted molar refractivity (Wildman–Crippen MR) is 105 cm³/mol. The van der Waals surface area contributed by atoms with Gasteiger partial charge in [0.15, 0.2) is 0 Å². The van der Waals surface area contributed by atoms with Gasteiger partial charge in [0.05, 0.1) is 19.2 Å². The van der Waals surface area contributed by atoms with Crippen LogP contribution in [0.15, 0.2) is 18.3 Å². The van der Waals surface area contributed by atoms with Crippen LogP contribution >= 0.6 is 0 Å². The van der Waals surface area contributed by atoms with Crippen molar-refractivity contribution in [1.82, 2.24) is 14.8 Å². The number of carbonyl (C=O) groups is 2. The molecule has 1 aromatic rings. The van der Waals surface area contributed by atoms with Crippen molar-refractivity contribution in [3.63, 3.8) is 0 Å². The van der Waals surface area contributed by atoms with Gasteiger partial charge in [-0.1, -0.05) is 0 Å². The molecule has 0 radical (unpaired) electrons.